The highest BCUT2D eigenvalue weighted by atomic mass is 24.3. The topological polar surface area (TPSA) is 217 Å². The predicted molar refractivity (Wildman–Crippen MR) is 134 cm³/mol. The smallest absolute Gasteiger partial charge is 0.323 e. The van der Waals surface area contributed by atoms with Gasteiger partial charge in [-0.25, -0.2) is 0 Å². The van der Waals surface area contributed by atoms with Crippen LogP contribution < -0.4 is 17.2 Å². The van der Waals surface area contributed by atoms with Gasteiger partial charge in [0.2, 0.25) is 0 Å². The fourth-order valence-electron chi connectivity index (χ4n) is 4.44. The zero-order valence-electron chi connectivity index (χ0n) is 19.9. The van der Waals surface area contributed by atoms with E-state index in [2.05, 4.69) is 0 Å². The average Bonchev–Trinajstić information content (AvgIpc) is 2.74. The number of rotatable bonds is 8. The summed E-state index contributed by atoms with van der Waals surface area (Å²) in [4.78, 5) is 32.2. The number of guanidine groups is 1. The highest BCUT2D eigenvalue weighted by molar-refractivity contribution is 5.80. The number of hydrogen-bond donors (Lipinski definition) is 7. The third kappa shape index (κ3) is 14.6. The number of nitrogens with two attached hydrogens (primary N) is 3. The number of nitrogens with zero attached hydrogens (tertiary/aromatic N) is 1. The molecule has 196 valence electrons. The van der Waals surface area contributed by atoms with E-state index < -0.39 is 17.9 Å². The molecule has 34 heavy (non-hydrogen) atoms. The Morgan fingerprint density at radius 3 is 1.26 bits per heavy atom. The molecule has 0 aromatic rings. The Labute approximate surface area is 218 Å². The molecule has 0 aromatic heterocycles. The Kier molecular flexibility index (Phi) is 18.0. The maximum absolute atomic E-state index is 10.6. The van der Waals surface area contributed by atoms with Gasteiger partial charge in [0.15, 0.2) is 5.96 Å². The van der Waals surface area contributed by atoms with Gasteiger partial charge in [-0.15, -0.1) is 0 Å². The van der Waals surface area contributed by atoms with Gasteiger partial charge >= 0.3 is 41.0 Å². The molecule has 11 nitrogen and oxygen atoms in total. The first-order chi connectivity index (χ1) is 15.4. The van der Waals surface area contributed by atoms with E-state index in [4.69, 9.17) is 37.9 Å². The van der Waals surface area contributed by atoms with Gasteiger partial charge in [0.05, 0.1) is 12.8 Å². The van der Waals surface area contributed by atoms with Crippen molar-refractivity contribution in [2.24, 2.45) is 28.0 Å². The molecule has 0 atom stereocenters. The third-order valence-corrected chi connectivity index (χ3v) is 6.53. The summed E-state index contributed by atoms with van der Waals surface area (Å²) < 4.78 is 0. The average molecular weight is 500 g/mol. The van der Waals surface area contributed by atoms with E-state index in [1.807, 2.05) is 0 Å². The minimum absolute atomic E-state index is 0. The van der Waals surface area contributed by atoms with Crippen LogP contribution in [-0.2, 0) is 14.4 Å². The van der Waals surface area contributed by atoms with E-state index in [0.717, 1.165) is 56.3 Å². The third-order valence-electron chi connectivity index (χ3n) is 6.53. The van der Waals surface area contributed by atoms with Gasteiger partial charge in [-0.3, -0.25) is 19.8 Å². The maximum Gasteiger partial charge on any atom is 0.323 e. The number of hydrogen-bond acceptors (Lipinski definition) is 6. The number of likely N-dealkylation sites (N-methyl/N-ethyl adjacent to an activating group) is 1. The Balaban J connectivity index is 0. The van der Waals surface area contributed by atoms with Crippen molar-refractivity contribution < 1.29 is 29.7 Å². The predicted octanol–water partition coefficient (Wildman–Crippen LogP) is 0.721. The van der Waals surface area contributed by atoms with Crippen molar-refractivity contribution in [2.45, 2.75) is 77.0 Å². The molecule has 0 unspecified atom stereocenters. The van der Waals surface area contributed by atoms with Gasteiger partial charge in [0.1, 0.15) is 6.54 Å². The molecule has 0 aliphatic heterocycles. The quantitative estimate of drug-likeness (QED) is 0.141. The lowest BCUT2D eigenvalue weighted by atomic mass is 9.72. The summed E-state index contributed by atoms with van der Waals surface area (Å²) in [7, 11) is 1.44. The molecule has 0 radical (unpaired) electrons. The lowest BCUT2D eigenvalue weighted by Crippen LogP contribution is -2.36. The van der Waals surface area contributed by atoms with Crippen LogP contribution in [0.5, 0.6) is 0 Å². The van der Waals surface area contributed by atoms with Crippen LogP contribution >= 0.6 is 0 Å². The van der Waals surface area contributed by atoms with Gasteiger partial charge in [-0.1, -0.05) is 38.5 Å². The normalized spacial score (nSPS) is 17.9. The van der Waals surface area contributed by atoms with Crippen LogP contribution in [0.15, 0.2) is 0 Å². The van der Waals surface area contributed by atoms with Crippen molar-refractivity contribution in [3.05, 3.63) is 0 Å². The van der Waals surface area contributed by atoms with Crippen molar-refractivity contribution in [3.63, 3.8) is 0 Å². The van der Waals surface area contributed by atoms with Gasteiger partial charge < -0.3 is 37.4 Å². The van der Waals surface area contributed by atoms with Gasteiger partial charge in [-0.2, -0.15) is 0 Å². The highest BCUT2D eigenvalue weighted by Gasteiger charge is 2.33. The summed E-state index contributed by atoms with van der Waals surface area (Å²) in [5.74, 6) is -2.64. The maximum atomic E-state index is 10.6. The molecule has 0 amide bonds. The molecule has 0 bridgehead atoms. The fourth-order valence-corrected chi connectivity index (χ4v) is 4.44. The molecular formula is C22H45MgN5O6. The zero-order valence-corrected chi connectivity index (χ0v) is 19.9. The number of carbonyl (C=O) groups is 3. The lowest BCUT2D eigenvalue weighted by molar-refractivity contribution is -0.141. The molecule has 0 heterocycles. The van der Waals surface area contributed by atoms with Gasteiger partial charge in [-0.05, 0) is 49.6 Å². The molecule has 2 rings (SSSR count). The van der Waals surface area contributed by atoms with Crippen LogP contribution in [0, 0.1) is 16.2 Å². The Morgan fingerprint density at radius 2 is 1.09 bits per heavy atom. The van der Waals surface area contributed by atoms with Gasteiger partial charge in [0.25, 0.3) is 0 Å². The Bertz CT molecular complexity index is 599. The SMILES string of the molecule is CN(CC(=O)O)C(=N)N.NCC1(CC(=O)O)CCCCC1.NCC1(CC(=O)O)CCCCC1.[MgH2]. The minimum atomic E-state index is -0.993. The molecule has 2 aliphatic rings. The van der Waals surface area contributed by atoms with E-state index in [-0.39, 0.29) is 59.2 Å². The van der Waals surface area contributed by atoms with Crippen LogP contribution in [0.4, 0.5) is 0 Å². The Hall–Kier alpha value is -1.63. The van der Waals surface area contributed by atoms with Crippen LogP contribution in [0.3, 0.4) is 0 Å². The Morgan fingerprint density at radius 1 is 0.765 bits per heavy atom. The fraction of sp³-hybridized carbons (Fsp3) is 0.818. The summed E-state index contributed by atoms with van der Waals surface area (Å²) in [6.45, 7) is 0.827. The van der Waals surface area contributed by atoms with Crippen LogP contribution in [0.2, 0.25) is 0 Å². The summed E-state index contributed by atoms with van der Waals surface area (Å²) in [6, 6.07) is 0. The van der Waals surface area contributed by atoms with E-state index in [0.29, 0.717) is 13.1 Å². The van der Waals surface area contributed by atoms with Gasteiger partial charge in [0, 0.05) is 7.05 Å². The number of aliphatic carboxylic acids is 3. The summed E-state index contributed by atoms with van der Waals surface area (Å²) in [5.41, 5.74) is 16.0. The molecule has 12 heteroatoms. The summed E-state index contributed by atoms with van der Waals surface area (Å²) >= 11 is 0. The van der Waals surface area contributed by atoms with Crippen LogP contribution in [0.25, 0.3) is 0 Å². The van der Waals surface area contributed by atoms with E-state index in [1.54, 1.807) is 0 Å². The number of carboxylic acids is 3. The highest BCUT2D eigenvalue weighted by Crippen LogP contribution is 2.39. The second kappa shape index (κ2) is 17.8. The largest absolute Gasteiger partial charge is 0.481 e. The molecule has 0 saturated heterocycles. The molecule has 2 saturated carbocycles. The van der Waals surface area contributed by atoms with E-state index in [9.17, 15) is 14.4 Å². The first kappa shape index (κ1) is 34.5. The van der Waals surface area contributed by atoms with E-state index >= 15 is 0 Å². The lowest BCUT2D eigenvalue weighted by Gasteiger charge is -2.34. The molecule has 0 aromatic carbocycles. The van der Waals surface area contributed by atoms with Crippen molar-refractivity contribution in [1.82, 2.24) is 4.90 Å². The van der Waals surface area contributed by atoms with Crippen molar-refractivity contribution >= 4 is 46.9 Å². The van der Waals surface area contributed by atoms with Crippen molar-refractivity contribution in [2.75, 3.05) is 26.7 Å². The van der Waals surface area contributed by atoms with Crippen molar-refractivity contribution in [3.8, 4) is 0 Å². The molecule has 0 spiro atoms. The summed E-state index contributed by atoms with van der Waals surface area (Å²) in [6.07, 6.45) is 11.5. The zero-order chi connectivity index (χ0) is 25.5. The van der Waals surface area contributed by atoms with Crippen molar-refractivity contribution in [1.29, 1.82) is 5.41 Å². The second-order valence-corrected chi connectivity index (χ2v) is 9.31. The number of nitrogens with one attached hydrogen (secondary N) is 1. The standard InChI is InChI=1S/2C9H17NO2.C4H9N3O2.Mg.2H/c2*10-7-9(6-8(11)12)4-2-1-3-5-9;1-7(4(5)6)2-3(8)9;;;/h2*1-7,10H2,(H,11,12);2H2,1H3,(H3,5,6)(H,8,9);;;. The molecule has 2 fully saturated rings. The summed E-state index contributed by atoms with van der Waals surface area (Å²) in [5, 5.41) is 32.3. The van der Waals surface area contributed by atoms with Crippen LogP contribution in [0.1, 0.15) is 77.0 Å². The monoisotopic (exact) mass is 499 g/mol. The molecular weight excluding hydrogens is 455 g/mol. The second-order valence-electron chi connectivity index (χ2n) is 9.31. The number of carboxylic acid groups (broad SMARTS) is 3. The van der Waals surface area contributed by atoms with Crippen LogP contribution in [-0.4, -0.2) is 93.8 Å². The molecule has 2 aliphatic carbocycles. The molecule has 10 N–H and O–H groups in total. The minimum Gasteiger partial charge on any atom is -0.481 e. The first-order valence-corrected chi connectivity index (χ1v) is 11.5. The van der Waals surface area contributed by atoms with E-state index in [1.165, 1.54) is 19.9 Å². The first-order valence-electron chi connectivity index (χ1n) is 11.5.